The molecule has 0 radical (unpaired) electrons. The van der Waals surface area contributed by atoms with Gasteiger partial charge < -0.3 is 4.90 Å². The number of hydrogen-bond acceptors (Lipinski definition) is 2. The van der Waals surface area contributed by atoms with Gasteiger partial charge in [-0.2, -0.15) is 18.3 Å². The van der Waals surface area contributed by atoms with Gasteiger partial charge in [-0.05, 0) is 24.5 Å². The number of fused-ring (bicyclic) bond motifs is 1. The van der Waals surface area contributed by atoms with Crippen molar-refractivity contribution in [3.63, 3.8) is 0 Å². The Hall–Kier alpha value is -2.31. The first-order valence-electron chi connectivity index (χ1n) is 7.88. The molecular formula is C17H16F3N3O. The lowest BCUT2D eigenvalue weighted by atomic mass is 9.91. The predicted octanol–water partition coefficient (Wildman–Crippen LogP) is 3.05. The van der Waals surface area contributed by atoms with Crippen molar-refractivity contribution < 1.29 is 18.0 Å². The van der Waals surface area contributed by atoms with Gasteiger partial charge >= 0.3 is 6.18 Å². The number of halogens is 3. The Morgan fingerprint density at radius 3 is 2.79 bits per heavy atom. The van der Waals surface area contributed by atoms with Crippen LogP contribution in [-0.2, 0) is 29.4 Å². The standard InChI is InChI=1S/C17H16F3N3O/c18-17(19,20)13-3-1-2-12(8-13)16(5-6-16)15(24)23-7-4-14-11(10-23)9-21-22-14/h1-3,8-9H,4-7,10H2,(H,21,22). The largest absolute Gasteiger partial charge is 0.416 e. The number of alkyl halides is 3. The third-order valence-corrected chi connectivity index (χ3v) is 4.99. The van der Waals surface area contributed by atoms with Crippen LogP contribution >= 0.6 is 0 Å². The number of H-pyrrole nitrogens is 1. The second-order valence-corrected chi connectivity index (χ2v) is 6.51. The van der Waals surface area contributed by atoms with Crippen molar-refractivity contribution in [3.8, 4) is 0 Å². The number of amides is 1. The van der Waals surface area contributed by atoms with Gasteiger partial charge in [-0.1, -0.05) is 18.2 Å². The zero-order chi connectivity index (χ0) is 16.9. The molecule has 0 bridgehead atoms. The summed E-state index contributed by atoms with van der Waals surface area (Å²) in [7, 11) is 0. The molecule has 2 aromatic rings. The molecule has 0 atom stereocenters. The summed E-state index contributed by atoms with van der Waals surface area (Å²) in [6.07, 6.45) is -0.798. The van der Waals surface area contributed by atoms with Crippen LogP contribution in [0.4, 0.5) is 13.2 Å². The maximum Gasteiger partial charge on any atom is 0.416 e. The normalized spacial score (nSPS) is 19.0. The molecule has 2 heterocycles. The molecule has 126 valence electrons. The molecule has 2 aliphatic rings. The fourth-order valence-corrected chi connectivity index (χ4v) is 3.44. The molecule has 0 unspecified atom stereocenters. The fourth-order valence-electron chi connectivity index (χ4n) is 3.44. The molecule has 1 aliphatic heterocycles. The lowest BCUT2D eigenvalue weighted by Gasteiger charge is -2.30. The quantitative estimate of drug-likeness (QED) is 0.917. The molecule has 1 saturated carbocycles. The summed E-state index contributed by atoms with van der Waals surface area (Å²) >= 11 is 0. The number of benzene rings is 1. The summed E-state index contributed by atoms with van der Waals surface area (Å²) in [5.41, 5.74) is 0.996. The maximum atomic E-state index is 13.0. The molecule has 1 amide bonds. The average molecular weight is 335 g/mol. The monoisotopic (exact) mass is 335 g/mol. The Labute approximate surface area is 136 Å². The molecule has 24 heavy (non-hydrogen) atoms. The zero-order valence-electron chi connectivity index (χ0n) is 12.9. The Morgan fingerprint density at radius 2 is 2.08 bits per heavy atom. The molecule has 0 spiro atoms. The number of hydrogen-bond donors (Lipinski definition) is 1. The van der Waals surface area contributed by atoms with Crippen molar-refractivity contribution in [1.29, 1.82) is 0 Å². The van der Waals surface area contributed by atoms with Crippen molar-refractivity contribution in [1.82, 2.24) is 15.1 Å². The van der Waals surface area contributed by atoms with E-state index in [1.165, 1.54) is 6.07 Å². The van der Waals surface area contributed by atoms with Gasteiger partial charge in [-0.25, -0.2) is 0 Å². The van der Waals surface area contributed by atoms with E-state index >= 15 is 0 Å². The van der Waals surface area contributed by atoms with Crippen molar-refractivity contribution in [3.05, 3.63) is 52.8 Å². The Kier molecular flexibility index (Phi) is 3.23. The van der Waals surface area contributed by atoms with Crippen LogP contribution in [0.25, 0.3) is 0 Å². The third kappa shape index (κ3) is 2.39. The summed E-state index contributed by atoms with van der Waals surface area (Å²) in [5, 5.41) is 6.90. The number of rotatable bonds is 2. The lowest BCUT2D eigenvalue weighted by Crippen LogP contribution is -2.42. The number of carbonyl (C=O) groups excluding carboxylic acids is 1. The minimum atomic E-state index is -4.40. The first-order valence-corrected chi connectivity index (χ1v) is 7.88. The van der Waals surface area contributed by atoms with Crippen LogP contribution in [0.2, 0.25) is 0 Å². The van der Waals surface area contributed by atoms with Crippen molar-refractivity contribution in [2.75, 3.05) is 6.54 Å². The molecule has 0 saturated heterocycles. The molecule has 1 aliphatic carbocycles. The predicted molar refractivity (Wildman–Crippen MR) is 80.1 cm³/mol. The Bertz CT molecular complexity index is 792. The van der Waals surface area contributed by atoms with Crippen LogP contribution in [0.3, 0.4) is 0 Å². The first-order chi connectivity index (χ1) is 11.4. The molecule has 4 nitrogen and oxygen atoms in total. The summed E-state index contributed by atoms with van der Waals surface area (Å²) in [6, 6.07) is 5.18. The summed E-state index contributed by atoms with van der Waals surface area (Å²) in [5.74, 6) is -0.0753. The minimum Gasteiger partial charge on any atom is -0.337 e. The average Bonchev–Trinajstić information content (AvgIpc) is 3.24. The zero-order valence-corrected chi connectivity index (χ0v) is 12.9. The van der Waals surface area contributed by atoms with Crippen LogP contribution in [0.5, 0.6) is 0 Å². The van der Waals surface area contributed by atoms with Gasteiger partial charge in [0.1, 0.15) is 0 Å². The van der Waals surface area contributed by atoms with E-state index in [9.17, 15) is 18.0 Å². The Balaban J connectivity index is 1.61. The highest BCUT2D eigenvalue weighted by molar-refractivity contribution is 5.91. The van der Waals surface area contributed by atoms with Gasteiger partial charge in [0, 0.05) is 30.8 Å². The molecule has 1 aromatic carbocycles. The SMILES string of the molecule is O=C(N1CCc2[nH]ncc2C1)C1(c2cccc(C(F)(F)F)c2)CC1. The van der Waals surface area contributed by atoms with Crippen molar-refractivity contribution in [2.45, 2.75) is 37.4 Å². The van der Waals surface area contributed by atoms with Gasteiger partial charge in [0.05, 0.1) is 17.2 Å². The van der Waals surface area contributed by atoms with E-state index in [0.717, 1.165) is 23.4 Å². The smallest absolute Gasteiger partial charge is 0.337 e. The van der Waals surface area contributed by atoms with Crippen LogP contribution < -0.4 is 0 Å². The number of aromatic amines is 1. The summed E-state index contributed by atoms with van der Waals surface area (Å²) in [4.78, 5) is 14.7. The molecule has 1 fully saturated rings. The van der Waals surface area contributed by atoms with E-state index in [0.29, 0.717) is 37.9 Å². The Morgan fingerprint density at radius 1 is 1.29 bits per heavy atom. The highest BCUT2D eigenvalue weighted by atomic mass is 19.4. The highest BCUT2D eigenvalue weighted by Gasteiger charge is 2.53. The highest BCUT2D eigenvalue weighted by Crippen LogP contribution is 2.50. The molecule has 7 heteroatoms. The summed E-state index contributed by atoms with van der Waals surface area (Å²) in [6.45, 7) is 1.03. The van der Waals surface area contributed by atoms with Crippen LogP contribution in [-0.4, -0.2) is 27.5 Å². The lowest BCUT2D eigenvalue weighted by molar-refractivity contribution is -0.138. The fraction of sp³-hybridized carbons (Fsp3) is 0.412. The molecule has 1 N–H and O–H groups in total. The van der Waals surface area contributed by atoms with E-state index in [1.807, 2.05) is 0 Å². The number of carbonyl (C=O) groups is 1. The van der Waals surface area contributed by atoms with Gasteiger partial charge in [-0.15, -0.1) is 0 Å². The topological polar surface area (TPSA) is 49.0 Å². The number of nitrogens with zero attached hydrogens (tertiary/aromatic N) is 2. The molecule has 1 aromatic heterocycles. The summed E-state index contributed by atoms with van der Waals surface area (Å²) < 4.78 is 38.9. The van der Waals surface area contributed by atoms with Crippen LogP contribution in [0, 0.1) is 0 Å². The first kappa shape index (κ1) is 15.2. The van der Waals surface area contributed by atoms with Crippen LogP contribution in [0.15, 0.2) is 30.5 Å². The van der Waals surface area contributed by atoms with E-state index < -0.39 is 17.2 Å². The van der Waals surface area contributed by atoms with Gasteiger partial charge in [0.2, 0.25) is 5.91 Å². The second kappa shape index (κ2) is 5.09. The number of nitrogens with one attached hydrogen (secondary N) is 1. The molecular weight excluding hydrogens is 319 g/mol. The van der Waals surface area contributed by atoms with Gasteiger partial charge in [0.15, 0.2) is 0 Å². The van der Waals surface area contributed by atoms with E-state index in [1.54, 1.807) is 17.2 Å². The van der Waals surface area contributed by atoms with E-state index in [4.69, 9.17) is 0 Å². The van der Waals surface area contributed by atoms with E-state index in [-0.39, 0.29) is 5.91 Å². The van der Waals surface area contributed by atoms with Gasteiger partial charge in [0.25, 0.3) is 0 Å². The van der Waals surface area contributed by atoms with Crippen molar-refractivity contribution in [2.24, 2.45) is 0 Å². The number of aromatic nitrogens is 2. The minimum absolute atomic E-state index is 0.0753. The second-order valence-electron chi connectivity index (χ2n) is 6.51. The van der Waals surface area contributed by atoms with Gasteiger partial charge in [-0.3, -0.25) is 9.89 Å². The van der Waals surface area contributed by atoms with Crippen molar-refractivity contribution >= 4 is 5.91 Å². The third-order valence-electron chi connectivity index (χ3n) is 4.99. The maximum absolute atomic E-state index is 13.0. The van der Waals surface area contributed by atoms with Crippen LogP contribution in [0.1, 0.15) is 35.2 Å². The van der Waals surface area contributed by atoms with E-state index in [2.05, 4.69) is 10.2 Å². The molecule has 4 rings (SSSR count).